The van der Waals surface area contributed by atoms with E-state index in [4.69, 9.17) is 4.74 Å². The highest BCUT2D eigenvalue weighted by molar-refractivity contribution is 5.95. The molecule has 2 aliphatic rings. The average molecular weight is 382 g/mol. The largest absolute Gasteiger partial charge is 0.363 e. The number of anilines is 1. The molecule has 0 radical (unpaired) electrons. The first-order valence-electron chi connectivity index (χ1n) is 9.81. The summed E-state index contributed by atoms with van der Waals surface area (Å²) in [4.78, 5) is 28.8. The number of rotatable bonds is 3. The van der Waals surface area contributed by atoms with Gasteiger partial charge in [0.15, 0.2) is 0 Å². The smallest absolute Gasteiger partial charge is 0.274 e. The Bertz CT molecular complexity index is 854. The van der Waals surface area contributed by atoms with E-state index in [1.165, 1.54) is 0 Å². The lowest BCUT2D eigenvalue weighted by atomic mass is 9.89. The number of carbonyl (C=O) groups excluding carboxylic acids is 2. The van der Waals surface area contributed by atoms with Gasteiger partial charge >= 0.3 is 0 Å². The summed E-state index contributed by atoms with van der Waals surface area (Å²) in [7, 11) is 0. The molecule has 4 rings (SSSR count). The van der Waals surface area contributed by atoms with Gasteiger partial charge in [0.2, 0.25) is 0 Å². The van der Waals surface area contributed by atoms with Gasteiger partial charge < -0.3 is 14.5 Å². The number of benzene rings is 1. The van der Waals surface area contributed by atoms with E-state index in [1.54, 1.807) is 10.7 Å². The van der Waals surface area contributed by atoms with E-state index in [0.29, 0.717) is 38.2 Å². The van der Waals surface area contributed by atoms with Gasteiger partial charge in [-0.05, 0) is 44.9 Å². The third-order valence-electron chi connectivity index (χ3n) is 5.64. The van der Waals surface area contributed by atoms with Crippen LogP contribution in [0.15, 0.2) is 42.6 Å². The second-order valence-corrected chi connectivity index (χ2v) is 7.85. The number of nitrogens with zero attached hydrogens (tertiary/aromatic N) is 4. The van der Waals surface area contributed by atoms with Gasteiger partial charge in [-0.15, -0.1) is 0 Å². The molecule has 0 bridgehead atoms. The lowest BCUT2D eigenvalue weighted by molar-refractivity contribution is -0.143. The van der Waals surface area contributed by atoms with Crippen LogP contribution in [0.5, 0.6) is 0 Å². The summed E-state index contributed by atoms with van der Waals surface area (Å²) in [6, 6.07) is 11.7. The molecule has 2 fully saturated rings. The quantitative estimate of drug-likeness (QED) is 0.818. The Morgan fingerprint density at radius 3 is 2.50 bits per heavy atom. The second kappa shape index (κ2) is 7.39. The maximum Gasteiger partial charge on any atom is 0.274 e. The fourth-order valence-corrected chi connectivity index (χ4v) is 3.88. The Morgan fingerprint density at radius 2 is 1.86 bits per heavy atom. The van der Waals surface area contributed by atoms with Crippen LogP contribution in [0.25, 0.3) is 0 Å². The number of hydrogen-bond donors (Lipinski definition) is 0. The zero-order chi connectivity index (χ0) is 19.7. The van der Waals surface area contributed by atoms with Crippen LogP contribution in [-0.2, 0) is 9.53 Å². The van der Waals surface area contributed by atoms with Crippen molar-refractivity contribution in [2.24, 2.45) is 0 Å². The van der Waals surface area contributed by atoms with Crippen molar-refractivity contribution >= 4 is 17.5 Å². The Balaban J connectivity index is 1.42. The zero-order valence-electron chi connectivity index (χ0n) is 16.4. The average Bonchev–Trinajstić information content (AvgIpc) is 3.21. The highest BCUT2D eigenvalue weighted by Gasteiger charge is 2.43. The van der Waals surface area contributed by atoms with Crippen molar-refractivity contribution in [2.45, 2.75) is 38.3 Å². The number of carbonyl (C=O) groups is 2. The normalized spacial score (nSPS) is 19.5. The number of ether oxygens (including phenoxy) is 1. The molecule has 0 saturated carbocycles. The first-order chi connectivity index (χ1) is 13.5. The van der Waals surface area contributed by atoms with Gasteiger partial charge in [-0.2, -0.15) is 5.10 Å². The van der Waals surface area contributed by atoms with Crippen molar-refractivity contribution < 1.29 is 14.3 Å². The lowest BCUT2D eigenvalue weighted by Gasteiger charge is -2.46. The fourth-order valence-electron chi connectivity index (χ4n) is 3.88. The molecule has 0 N–H and O–H groups in total. The Morgan fingerprint density at radius 1 is 1.14 bits per heavy atom. The number of piperidine rings is 1. The molecule has 2 aromatic rings. The number of aromatic nitrogens is 2. The number of likely N-dealkylation sites (tertiary alicyclic amines) is 1. The summed E-state index contributed by atoms with van der Waals surface area (Å²) in [6.45, 7) is 5.88. The molecule has 2 amide bonds. The predicted molar refractivity (Wildman–Crippen MR) is 105 cm³/mol. The van der Waals surface area contributed by atoms with Crippen molar-refractivity contribution in [3.05, 3.63) is 48.3 Å². The molecular weight excluding hydrogens is 356 g/mol. The van der Waals surface area contributed by atoms with Crippen molar-refractivity contribution in [1.29, 1.82) is 0 Å². The van der Waals surface area contributed by atoms with Gasteiger partial charge in [-0.3, -0.25) is 14.3 Å². The summed E-state index contributed by atoms with van der Waals surface area (Å²) in [5, 5.41) is 4.39. The highest BCUT2D eigenvalue weighted by Crippen LogP contribution is 2.33. The Hall–Kier alpha value is -2.67. The molecule has 1 aromatic heterocycles. The van der Waals surface area contributed by atoms with Gasteiger partial charge in [-0.1, -0.05) is 18.2 Å². The Labute approximate surface area is 164 Å². The summed E-state index contributed by atoms with van der Waals surface area (Å²) in [5.74, 6) is -0.0596. The fraction of sp³-hybridized carbons (Fsp3) is 0.476. The van der Waals surface area contributed by atoms with Gasteiger partial charge in [0.1, 0.15) is 12.3 Å². The van der Waals surface area contributed by atoms with Crippen LogP contribution in [-0.4, -0.2) is 58.3 Å². The van der Waals surface area contributed by atoms with Crippen molar-refractivity contribution in [1.82, 2.24) is 14.7 Å². The molecule has 28 heavy (non-hydrogen) atoms. The number of amides is 2. The third-order valence-corrected chi connectivity index (χ3v) is 5.64. The van der Waals surface area contributed by atoms with Crippen LogP contribution in [0.4, 0.5) is 5.69 Å². The molecule has 2 saturated heterocycles. The molecule has 7 heteroatoms. The van der Waals surface area contributed by atoms with Crippen molar-refractivity contribution in [3.63, 3.8) is 0 Å². The van der Waals surface area contributed by atoms with E-state index in [9.17, 15) is 9.59 Å². The van der Waals surface area contributed by atoms with E-state index in [1.807, 2.05) is 60.2 Å². The molecule has 7 nitrogen and oxygen atoms in total. The van der Waals surface area contributed by atoms with Crippen LogP contribution in [0.2, 0.25) is 0 Å². The van der Waals surface area contributed by atoms with Crippen LogP contribution >= 0.6 is 0 Å². The summed E-state index contributed by atoms with van der Waals surface area (Å²) >= 11 is 0. The molecule has 1 aromatic carbocycles. The first-order valence-corrected chi connectivity index (χ1v) is 9.81. The van der Waals surface area contributed by atoms with E-state index in [2.05, 4.69) is 5.10 Å². The molecule has 0 aliphatic carbocycles. The number of morpholine rings is 1. The van der Waals surface area contributed by atoms with E-state index >= 15 is 0 Å². The van der Waals surface area contributed by atoms with Gasteiger partial charge in [0.25, 0.3) is 11.8 Å². The lowest BCUT2D eigenvalue weighted by Crippen LogP contribution is -2.59. The molecule has 148 valence electrons. The van der Waals surface area contributed by atoms with Crippen molar-refractivity contribution in [2.75, 3.05) is 31.1 Å². The third kappa shape index (κ3) is 3.54. The van der Waals surface area contributed by atoms with Crippen LogP contribution < -0.4 is 4.90 Å². The van der Waals surface area contributed by atoms with Crippen LogP contribution in [0.1, 0.15) is 43.2 Å². The monoisotopic (exact) mass is 382 g/mol. The Kier molecular flexibility index (Phi) is 4.93. The minimum Gasteiger partial charge on any atom is -0.363 e. The number of hydrogen-bond acceptors (Lipinski definition) is 4. The van der Waals surface area contributed by atoms with Gasteiger partial charge in [-0.25, -0.2) is 0 Å². The molecular formula is C21H26N4O3. The topological polar surface area (TPSA) is 67.7 Å². The van der Waals surface area contributed by atoms with Crippen molar-refractivity contribution in [3.8, 4) is 0 Å². The van der Waals surface area contributed by atoms with Crippen LogP contribution in [0.3, 0.4) is 0 Å². The minimum atomic E-state index is -0.391. The standard InChI is InChI=1S/C21H26N4O3/c1-16(2)25-11-8-18(22-25)20(27)23-12-9-21(10-13-23)15-24(19(26)14-28-21)17-6-4-3-5-7-17/h3-8,11,16H,9-10,12-15H2,1-2H3. The SMILES string of the molecule is CC(C)n1ccc(C(=O)N2CCC3(CC2)CN(c2ccccc2)C(=O)CO3)n1. The molecule has 0 atom stereocenters. The summed E-state index contributed by atoms with van der Waals surface area (Å²) < 4.78 is 7.79. The molecule has 2 aliphatic heterocycles. The zero-order valence-corrected chi connectivity index (χ0v) is 16.4. The minimum absolute atomic E-state index is 0.0189. The maximum atomic E-state index is 12.8. The summed E-state index contributed by atoms with van der Waals surface area (Å²) in [5.41, 5.74) is 0.987. The summed E-state index contributed by atoms with van der Waals surface area (Å²) in [6.07, 6.45) is 3.26. The van der Waals surface area contributed by atoms with Crippen LogP contribution in [0, 0.1) is 0 Å². The molecule has 3 heterocycles. The predicted octanol–water partition coefficient (Wildman–Crippen LogP) is 2.50. The molecule has 0 unspecified atom stereocenters. The maximum absolute atomic E-state index is 12.8. The van der Waals surface area contributed by atoms with E-state index in [-0.39, 0.29) is 24.5 Å². The number of para-hydroxylation sites is 1. The second-order valence-electron chi connectivity index (χ2n) is 7.85. The van der Waals surface area contributed by atoms with Gasteiger partial charge in [0.05, 0.1) is 12.1 Å². The first kappa shape index (κ1) is 18.7. The highest BCUT2D eigenvalue weighted by atomic mass is 16.5. The molecule has 1 spiro atoms. The van der Waals surface area contributed by atoms with Gasteiger partial charge in [0, 0.05) is 31.0 Å². The van der Waals surface area contributed by atoms with E-state index in [0.717, 1.165) is 5.69 Å². The van der Waals surface area contributed by atoms with E-state index < -0.39 is 5.60 Å².